The molecule has 0 radical (unpaired) electrons. The van der Waals surface area contributed by atoms with Crippen molar-refractivity contribution in [3.8, 4) is 0 Å². The van der Waals surface area contributed by atoms with Crippen molar-refractivity contribution >= 4 is 23.5 Å². The minimum absolute atomic E-state index is 0.0503. The number of imide groups is 1. The van der Waals surface area contributed by atoms with Gasteiger partial charge in [0.15, 0.2) is 0 Å². The molecular formula is C22H30ClN3O2. The molecule has 4 fully saturated rings. The first-order valence-electron chi connectivity index (χ1n) is 10.5. The van der Waals surface area contributed by atoms with Crippen LogP contribution in [0.2, 0.25) is 5.02 Å². The number of amides is 3. The SMILES string of the molecule is C[C@H](N[C@@H](C)c1cccc(Cl)c1)C(=O)NC(=O)NC12CC3CC(CC(C3)C1)C2. The van der Waals surface area contributed by atoms with E-state index in [1.807, 2.05) is 31.2 Å². The molecule has 0 aliphatic heterocycles. The van der Waals surface area contributed by atoms with E-state index in [2.05, 4.69) is 16.0 Å². The molecule has 5 rings (SSSR count). The topological polar surface area (TPSA) is 70.2 Å². The van der Waals surface area contributed by atoms with Crippen LogP contribution in [-0.2, 0) is 4.79 Å². The zero-order valence-corrected chi connectivity index (χ0v) is 17.4. The van der Waals surface area contributed by atoms with Crippen molar-refractivity contribution in [1.82, 2.24) is 16.0 Å². The van der Waals surface area contributed by atoms with Gasteiger partial charge in [0.25, 0.3) is 0 Å². The number of halogens is 1. The molecule has 3 N–H and O–H groups in total. The molecule has 28 heavy (non-hydrogen) atoms. The van der Waals surface area contributed by atoms with E-state index in [4.69, 9.17) is 11.6 Å². The van der Waals surface area contributed by atoms with Crippen LogP contribution >= 0.6 is 11.6 Å². The molecule has 4 saturated carbocycles. The molecular weight excluding hydrogens is 374 g/mol. The molecule has 6 heteroatoms. The first kappa shape index (κ1) is 19.7. The highest BCUT2D eigenvalue weighted by molar-refractivity contribution is 6.30. The fourth-order valence-corrected chi connectivity index (χ4v) is 6.28. The standard InChI is InChI=1S/C22H30ClN3O2/c1-13(18-4-3-5-19(23)9-18)24-14(2)20(27)25-21(28)26-22-10-15-6-16(11-22)8-17(7-15)12-22/h3-5,9,13-17,24H,6-8,10-12H2,1-2H3,(H2,25,26,27,28)/t13-,14-,15?,16?,17?,22?/m0/s1. The number of rotatable bonds is 5. The van der Waals surface area contributed by atoms with Gasteiger partial charge in [-0.05, 0) is 87.8 Å². The van der Waals surface area contributed by atoms with Gasteiger partial charge in [0.2, 0.25) is 5.91 Å². The lowest BCUT2D eigenvalue weighted by atomic mass is 9.53. The average Bonchev–Trinajstić information content (AvgIpc) is 2.59. The summed E-state index contributed by atoms with van der Waals surface area (Å²) in [6.45, 7) is 3.75. The Morgan fingerprint density at radius 2 is 1.68 bits per heavy atom. The van der Waals surface area contributed by atoms with Crippen LogP contribution in [0, 0.1) is 17.8 Å². The summed E-state index contributed by atoms with van der Waals surface area (Å²) in [5.74, 6) is 1.94. The summed E-state index contributed by atoms with van der Waals surface area (Å²) in [7, 11) is 0. The van der Waals surface area contributed by atoms with Crippen LogP contribution < -0.4 is 16.0 Å². The largest absolute Gasteiger partial charge is 0.332 e. The van der Waals surface area contributed by atoms with Crippen LogP contribution in [0.1, 0.15) is 64.0 Å². The van der Waals surface area contributed by atoms with Gasteiger partial charge < -0.3 is 5.32 Å². The van der Waals surface area contributed by atoms with Crippen molar-refractivity contribution in [1.29, 1.82) is 0 Å². The third-order valence-corrected chi connectivity index (χ3v) is 7.13. The van der Waals surface area contributed by atoms with E-state index in [-0.39, 0.29) is 23.5 Å². The van der Waals surface area contributed by atoms with Crippen molar-refractivity contribution in [3.05, 3.63) is 34.9 Å². The first-order chi connectivity index (χ1) is 13.3. The smallest absolute Gasteiger partial charge is 0.321 e. The second kappa shape index (κ2) is 7.68. The van der Waals surface area contributed by atoms with Crippen molar-refractivity contribution in [3.63, 3.8) is 0 Å². The monoisotopic (exact) mass is 403 g/mol. The summed E-state index contributed by atoms with van der Waals surface area (Å²) in [5, 5.41) is 9.63. The van der Waals surface area contributed by atoms with Gasteiger partial charge in [0.1, 0.15) is 0 Å². The Labute approximate surface area is 172 Å². The second-order valence-electron chi connectivity index (χ2n) is 9.31. The summed E-state index contributed by atoms with van der Waals surface area (Å²) in [5.41, 5.74) is 0.911. The fraction of sp³-hybridized carbons (Fsp3) is 0.636. The number of carbonyl (C=O) groups excluding carboxylic acids is 2. The molecule has 152 valence electrons. The maximum absolute atomic E-state index is 12.6. The Hall–Kier alpha value is -1.59. The molecule has 0 heterocycles. The molecule has 4 aliphatic carbocycles. The van der Waals surface area contributed by atoms with E-state index in [1.54, 1.807) is 6.92 Å². The highest BCUT2D eigenvalue weighted by Crippen LogP contribution is 2.55. The van der Waals surface area contributed by atoms with Crippen LogP contribution in [0.25, 0.3) is 0 Å². The quantitative estimate of drug-likeness (QED) is 0.690. The molecule has 0 spiro atoms. The summed E-state index contributed by atoms with van der Waals surface area (Å²) >= 11 is 6.04. The third kappa shape index (κ3) is 4.20. The summed E-state index contributed by atoms with van der Waals surface area (Å²) in [4.78, 5) is 25.1. The molecule has 4 bridgehead atoms. The lowest BCUT2D eigenvalue weighted by Gasteiger charge is -2.56. The van der Waals surface area contributed by atoms with Crippen LogP contribution in [0.3, 0.4) is 0 Å². The number of urea groups is 1. The lowest BCUT2D eigenvalue weighted by Crippen LogP contribution is -2.62. The van der Waals surface area contributed by atoms with Gasteiger partial charge in [0, 0.05) is 16.6 Å². The van der Waals surface area contributed by atoms with E-state index >= 15 is 0 Å². The van der Waals surface area contributed by atoms with Crippen molar-refractivity contribution < 1.29 is 9.59 Å². The molecule has 5 nitrogen and oxygen atoms in total. The van der Waals surface area contributed by atoms with E-state index in [9.17, 15) is 9.59 Å². The molecule has 3 amide bonds. The van der Waals surface area contributed by atoms with E-state index in [1.165, 1.54) is 19.3 Å². The molecule has 4 aliphatic rings. The van der Waals surface area contributed by atoms with Gasteiger partial charge in [-0.15, -0.1) is 0 Å². The predicted molar refractivity (Wildman–Crippen MR) is 110 cm³/mol. The second-order valence-corrected chi connectivity index (χ2v) is 9.74. The highest BCUT2D eigenvalue weighted by atomic mass is 35.5. The number of carbonyl (C=O) groups is 2. The molecule has 1 aromatic rings. The normalized spacial score (nSPS) is 32.6. The van der Waals surface area contributed by atoms with Gasteiger partial charge in [-0.1, -0.05) is 23.7 Å². The third-order valence-electron chi connectivity index (χ3n) is 6.90. The average molecular weight is 404 g/mol. The molecule has 0 saturated heterocycles. The Morgan fingerprint density at radius 1 is 1.07 bits per heavy atom. The van der Waals surface area contributed by atoms with Gasteiger partial charge >= 0.3 is 6.03 Å². The van der Waals surface area contributed by atoms with Crippen LogP contribution in [0.15, 0.2) is 24.3 Å². The Bertz CT molecular complexity index is 731. The number of hydrogen-bond acceptors (Lipinski definition) is 3. The Balaban J connectivity index is 1.30. The number of nitrogens with one attached hydrogen (secondary N) is 3. The maximum Gasteiger partial charge on any atom is 0.321 e. The van der Waals surface area contributed by atoms with Gasteiger partial charge in [-0.2, -0.15) is 0 Å². The summed E-state index contributed by atoms with van der Waals surface area (Å²) in [6.07, 6.45) is 7.18. The van der Waals surface area contributed by atoms with Gasteiger partial charge in [0.05, 0.1) is 6.04 Å². The first-order valence-corrected chi connectivity index (χ1v) is 10.8. The fourth-order valence-electron chi connectivity index (χ4n) is 6.08. The predicted octanol–water partition coefficient (Wildman–Crippen LogP) is 4.17. The van der Waals surface area contributed by atoms with Crippen LogP contribution in [0.5, 0.6) is 0 Å². The van der Waals surface area contributed by atoms with E-state index in [0.717, 1.165) is 42.6 Å². The van der Waals surface area contributed by atoms with Gasteiger partial charge in [-0.3, -0.25) is 15.4 Å². The Morgan fingerprint density at radius 3 is 2.25 bits per heavy atom. The Kier molecular flexibility index (Phi) is 5.41. The van der Waals surface area contributed by atoms with Crippen molar-refractivity contribution in [2.45, 2.75) is 70.0 Å². The van der Waals surface area contributed by atoms with E-state index in [0.29, 0.717) is 5.02 Å². The molecule has 1 aromatic carbocycles. The zero-order valence-electron chi connectivity index (χ0n) is 16.6. The van der Waals surface area contributed by atoms with Gasteiger partial charge in [-0.25, -0.2) is 4.79 Å². The highest BCUT2D eigenvalue weighted by Gasteiger charge is 2.51. The lowest BCUT2D eigenvalue weighted by molar-refractivity contribution is -0.121. The number of hydrogen-bond donors (Lipinski definition) is 3. The minimum atomic E-state index is -0.490. The molecule has 0 unspecified atom stereocenters. The molecule has 2 atom stereocenters. The summed E-state index contributed by atoms with van der Waals surface area (Å²) in [6, 6.07) is 6.66. The zero-order chi connectivity index (χ0) is 19.9. The number of benzene rings is 1. The maximum atomic E-state index is 12.6. The minimum Gasteiger partial charge on any atom is -0.332 e. The van der Waals surface area contributed by atoms with Crippen molar-refractivity contribution in [2.75, 3.05) is 0 Å². The van der Waals surface area contributed by atoms with Crippen LogP contribution in [-0.4, -0.2) is 23.5 Å². The summed E-state index contributed by atoms with van der Waals surface area (Å²) < 4.78 is 0. The van der Waals surface area contributed by atoms with E-state index < -0.39 is 6.04 Å². The van der Waals surface area contributed by atoms with Crippen molar-refractivity contribution in [2.24, 2.45) is 17.8 Å². The molecule has 0 aromatic heterocycles. The van der Waals surface area contributed by atoms with Crippen LogP contribution in [0.4, 0.5) is 4.79 Å².